The van der Waals surface area contributed by atoms with E-state index in [0.717, 1.165) is 23.5 Å². The van der Waals surface area contributed by atoms with Crippen LogP contribution in [0.5, 0.6) is 0 Å². The number of amides is 1. The molecule has 1 aliphatic rings. The zero-order valence-corrected chi connectivity index (χ0v) is 9.00. The maximum Gasteiger partial charge on any atom is 0.226 e. The molecular weight excluding hydrogens is 190 g/mol. The van der Waals surface area contributed by atoms with Crippen LogP contribution in [-0.2, 0) is 4.79 Å². The lowest BCUT2D eigenvalue weighted by atomic mass is 10.1. The number of hydrogen-bond acceptors (Lipinski definition) is 3. The molecule has 1 aliphatic heterocycles. The summed E-state index contributed by atoms with van der Waals surface area (Å²) in [5.74, 6) is 0.832. The summed E-state index contributed by atoms with van der Waals surface area (Å²) in [5, 5.41) is 6.14. The van der Waals surface area contributed by atoms with Crippen LogP contribution in [-0.4, -0.2) is 16.9 Å². The van der Waals surface area contributed by atoms with Gasteiger partial charge in [0, 0.05) is 18.7 Å². The first-order valence-electron chi connectivity index (χ1n) is 5.22. The van der Waals surface area contributed by atoms with Crippen molar-refractivity contribution < 1.29 is 4.79 Å². The molecule has 0 fully saturated rings. The van der Waals surface area contributed by atoms with Crippen molar-refractivity contribution in [1.29, 1.82) is 0 Å². The molecule has 2 rings (SSSR count). The van der Waals surface area contributed by atoms with Gasteiger partial charge in [-0.2, -0.15) is 0 Å². The van der Waals surface area contributed by atoms with Gasteiger partial charge in [0.15, 0.2) is 0 Å². The zero-order chi connectivity index (χ0) is 10.8. The van der Waals surface area contributed by atoms with Crippen molar-refractivity contribution in [2.24, 2.45) is 0 Å². The van der Waals surface area contributed by atoms with Gasteiger partial charge in [0.05, 0.1) is 5.69 Å². The van der Waals surface area contributed by atoms with E-state index >= 15 is 0 Å². The number of nitrogens with one attached hydrogen (secondary N) is 2. The fourth-order valence-corrected chi connectivity index (χ4v) is 1.70. The maximum absolute atomic E-state index is 11.5. The van der Waals surface area contributed by atoms with E-state index in [2.05, 4.69) is 22.5 Å². The molecule has 2 N–H and O–H groups in total. The number of nitrogens with zero attached hydrogens (tertiary/aromatic N) is 1. The molecule has 0 saturated carbocycles. The Morgan fingerprint density at radius 1 is 1.60 bits per heavy atom. The number of fused-ring (bicyclic) bond motifs is 1. The van der Waals surface area contributed by atoms with Gasteiger partial charge >= 0.3 is 0 Å². The van der Waals surface area contributed by atoms with Gasteiger partial charge in [-0.25, -0.2) is 4.98 Å². The van der Waals surface area contributed by atoms with E-state index in [1.54, 1.807) is 6.20 Å². The van der Waals surface area contributed by atoms with Gasteiger partial charge in [0.1, 0.15) is 5.82 Å². The zero-order valence-electron chi connectivity index (χ0n) is 9.00. The Hall–Kier alpha value is -1.58. The van der Waals surface area contributed by atoms with Crippen LogP contribution < -0.4 is 10.6 Å². The molecular formula is C11H15N3O. The summed E-state index contributed by atoms with van der Waals surface area (Å²) < 4.78 is 0. The van der Waals surface area contributed by atoms with E-state index in [-0.39, 0.29) is 11.9 Å². The van der Waals surface area contributed by atoms with Crippen LogP contribution in [0, 0.1) is 6.92 Å². The number of pyridine rings is 1. The number of hydrogen-bond donors (Lipinski definition) is 2. The number of carbonyl (C=O) groups excluding carboxylic acids is 1. The van der Waals surface area contributed by atoms with Crippen LogP contribution in [0.15, 0.2) is 12.3 Å². The minimum Gasteiger partial charge on any atom is -0.365 e. The van der Waals surface area contributed by atoms with Gasteiger partial charge in [-0.15, -0.1) is 0 Å². The fraction of sp³-hybridized carbons (Fsp3) is 0.455. The quantitative estimate of drug-likeness (QED) is 0.736. The third-order valence-corrected chi connectivity index (χ3v) is 2.56. The van der Waals surface area contributed by atoms with Crippen molar-refractivity contribution in [2.75, 3.05) is 10.6 Å². The number of rotatable bonds is 1. The van der Waals surface area contributed by atoms with Crippen molar-refractivity contribution in [2.45, 2.75) is 32.7 Å². The summed E-state index contributed by atoms with van der Waals surface area (Å²) in [6.07, 6.45) is 3.23. The lowest BCUT2D eigenvalue weighted by Crippen LogP contribution is -2.21. The highest BCUT2D eigenvalue weighted by atomic mass is 16.1. The molecule has 80 valence electrons. The van der Waals surface area contributed by atoms with Gasteiger partial charge in [0.25, 0.3) is 0 Å². The van der Waals surface area contributed by atoms with Crippen molar-refractivity contribution in [3.8, 4) is 0 Å². The summed E-state index contributed by atoms with van der Waals surface area (Å²) in [5.41, 5.74) is 1.83. The van der Waals surface area contributed by atoms with E-state index in [1.807, 2.05) is 13.0 Å². The monoisotopic (exact) mass is 205 g/mol. The molecule has 4 heteroatoms. The molecule has 4 nitrogen and oxygen atoms in total. The van der Waals surface area contributed by atoms with Gasteiger partial charge < -0.3 is 10.6 Å². The first-order chi connectivity index (χ1) is 7.19. The van der Waals surface area contributed by atoms with Gasteiger partial charge in [-0.3, -0.25) is 4.79 Å². The Morgan fingerprint density at radius 2 is 2.40 bits per heavy atom. The van der Waals surface area contributed by atoms with Crippen molar-refractivity contribution in [3.05, 3.63) is 17.8 Å². The normalized spacial score (nSPS) is 19.9. The van der Waals surface area contributed by atoms with E-state index in [0.29, 0.717) is 6.42 Å². The van der Waals surface area contributed by atoms with E-state index in [4.69, 9.17) is 0 Å². The molecule has 2 heterocycles. The van der Waals surface area contributed by atoms with Gasteiger partial charge in [0.2, 0.25) is 5.91 Å². The minimum absolute atomic E-state index is 0.0560. The molecule has 0 spiro atoms. The highest BCUT2D eigenvalue weighted by molar-refractivity contribution is 5.95. The summed E-state index contributed by atoms with van der Waals surface area (Å²) in [7, 11) is 0. The smallest absolute Gasteiger partial charge is 0.226 e. The second kappa shape index (κ2) is 3.88. The summed E-state index contributed by atoms with van der Waals surface area (Å²) in [6.45, 7) is 4.02. The van der Waals surface area contributed by atoms with Crippen LogP contribution >= 0.6 is 0 Å². The molecule has 0 aliphatic carbocycles. The Labute approximate surface area is 89.1 Å². The number of aryl methyl sites for hydroxylation is 1. The number of carbonyl (C=O) groups is 1. The third-order valence-electron chi connectivity index (χ3n) is 2.56. The molecule has 0 aromatic carbocycles. The van der Waals surface area contributed by atoms with Crippen LogP contribution in [0.4, 0.5) is 11.5 Å². The second-order valence-electron chi connectivity index (χ2n) is 3.91. The second-order valence-corrected chi connectivity index (χ2v) is 3.91. The third kappa shape index (κ3) is 2.09. The lowest BCUT2D eigenvalue weighted by molar-refractivity contribution is -0.116. The maximum atomic E-state index is 11.5. The fourth-order valence-electron chi connectivity index (χ4n) is 1.70. The molecule has 1 amide bonds. The molecule has 1 aromatic heterocycles. The van der Waals surface area contributed by atoms with Crippen molar-refractivity contribution in [1.82, 2.24) is 4.98 Å². The van der Waals surface area contributed by atoms with E-state index < -0.39 is 0 Å². The standard InChI is InChI=1S/C11H15N3O/c1-3-8-5-10(15)14-9-4-7(2)6-12-11(9)13-8/h4,6,8H,3,5H2,1-2H3,(H,12,13)(H,14,15). The number of aromatic nitrogens is 1. The molecule has 1 aromatic rings. The first-order valence-corrected chi connectivity index (χ1v) is 5.22. The predicted molar refractivity (Wildman–Crippen MR) is 59.9 cm³/mol. The van der Waals surface area contributed by atoms with Crippen LogP contribution in [0.3, 0.4) is 0 Å². The van der Waals surface area contributed by atoms with Gasteiger partial charge in [-0.1, -0.05) is 6.92 Å². The first kappa shape index (κ1) is 9.96. The number of anilines is 2. The molecule has 1 unspecified atom stereocenters. The Balaban J connectivity index is 2.36. The highest BCUT2D eigenvalue weighted by Gasteiger charge is 2.19. The summed E-state index contributed by atoms with van der Waals surface area (Å²) in [4.78, 5) is 15.8. The molecule has 1 atom stereocenters. The summed E-state index contributed by atoms with van der Waals surface area (Å²) >= 11 is 0. The molecule has 0 radical (unpaired) electrons. The largest absolute Gasteiger partial charge is 0.365 e. The Morgan fingerprint density at radius 3 is 3.13 bits per heavy atom. The average Bonchev–Trinajstić information content (AvgIpc) is 2.35. The Bertz CT molecular complexity index is 389. The van der Waals surface area contributed by atoms with E-state index in [1.165, 1.54) is 0 Å². The average molecular weight is 205 g/mol. The minimum atomic E-state index is 0.0560. The molecule has 0 saturated heterocycles. The highest BCUT2D eigenvalue weighted by Crippen LogP contribution is 2.25. The van der Waals surface area contributed by atoms with E-state index in [9.17, 15) is 4.79 Å². The van der Waals surface area contributed by atoms with Crippen LogP contribution in [0.25, 0.3) is 0 Å². The van der Waals surface area contributed by atoms with Crippen molar-refractivity contribution >= 4 is 17.4 Å². The molecule has 0 bridgehead atoms. The lowest BCUT2D eigenvalue weighted by Gasteiger charge is -2.13. The predicted octanol–water partition coefficient (Wildman–Crippen LogP) is 1.92. The van der Waals surface area contributed by atoms with Crippen LogP contribution in [0.1, 0.15) is 25.3 Å². The van der Waals surface area contributed by atoms with Crippen LogP contribution in [0.2, 0.25) is 0 Å². The van der Waals surface area contributed by atoms with Gasteiger partial charge in [-0.05, 0) is 25.0 Å². The molecule has 15 heavy (non-hydrogen) atoms. The summed E-state index contributed by atoms with van der Waals surface area (Å²) in [6, 6.07) is 2.12. The SMILES string of the molecule is CCC1CC(=O)Nc2cc(C)cnc2N1. The van der Waals surface area contributed by atoms with Crippen molar-refractivity contribution in [3.63, 3.8) is 0 Å². The topological polar surface area (TPSA) is 54.0 Å². The Kier molecular flexibility index (Phi) is 2.58.